The predicted molar refractivity (Wildman–Crippen MR) is 23.6 cm³/mol. The van der Waals surface area contributed by atoms with E-state index < -0.39 is 8.96 Å². The predicted octanol–water partition coefficient (Wildman–Crippen LogP) is 0.0228. The standard InChI is InChI=1S/C3N3Si/c1-6-7(2-4)3-5. The third-order valence-corrected chi connectivity index (χ3v) is 0.971. The van der Waals surface area contributed by atoms with Gasteiger partial charge in [0.25, 0.3) is 0 Å². The van der Waals surface area contributed by atoms with Crippen LogP contribution in [0.4, 0.5) is 0 Å². The second-order valence-corrected chi connectivity index (χ2v) is 2.05. The van der Waals surface area contributed by atoms with Gasteiger partial charge in [-0.05, 0) is 0 Å². The molecule has 0 fully saturated rings. The van der Waals surface area contributed by atoms with E-state index >= 15 is 0 Å². The lowest BCUT2D eigenvalue weighted by Crippen LogP contribution is -1.97. The van der Waals surface area contributed by atoms with Crippen molar-refractivity contribution in [3.8, 4) is 11.4 Å². The van der Waals surface area contributed by atoms with Crippen molar-refractivity contribution in [3.05, 3.63) is 11.1 Å². The third kappa shape index (κ3) is 1.54. The van der Waals surface area contributed by atoms with Gasteiger partial charge in [-0.1, -0.05) is 0 Å². The minimum atomic E-state index is -1.96. The van der Waals surface area contributed by atoms with Gasteiger partial charge in [0.05, 0.1) is 0 Å². The molecule has 0 saturated heterocycles. The number of nitrogens with zero attached hydrogens (tertiary/aromatic N) is 3. The molecule has 0 heterocycles. The number of hydrogen-bond acceptors (Lipinski definition) is 2. The highest BCUT2D eigenvalue weighted by Gasteiger charge is 2.21. The maximum atomic E-state index is 7.89. The van der Waals surface area contributed by atoms with Gasteiger partial charge in [-0.3, -0.25) is 6.57 Å². The summed E-state index contributed by atoms with van der Waals surface area (Å²) in [6.07, 6.45) is 0. The first kappa shape index (κ1) is 5.69. The Morgan fingerprint density at radius 1 is 1.43 bits per heavy atom. The van der Waals surface area contributed by atoms with Crippen molar-refractivity contribution >= 4 is 8.96 Å². The molecule has 31 valence electrons. The molecule has 3 nitrogen and oxygen atoms in total. The lowest BCUT2D eigenvalue weighted by atomic mass is 11.7. The van der Waals surface area contributed by atoms with E-state index in [9.17, 15) is 0 Å². The molecule has 0 rings (SSSR count). The zero-order chi connectivity index (χ0) is 5.70. The first-order valence-corrected chi connectivity index (χ1v) is 2.84. The summed E-state index contributed by atoms with van der Waals surface area (Å²) in [6.45, 7) is 6.19. The summed E-state index contributed by atoms with van der Waals surface area (Å²) >= 11 is 0. The van der Waals surface area contributed by atoms with Gasteiger partial charge in [0.15, 0.2) is 0 Å². The van der Waals surface area contributed by atoms with Crippen molar-refractivity contribution in [2.45, 2.75) is 0 Å². The molecule has 0 N–H and O–H groups in total. The van der Waals surface area contributed by atoms with E-state index in [0.29, 0.717) is 0 Å². The molecule has 0 atom stereocenters. The van der Waals surface area contributed by atoms with Crippen molar-refractivity contribution in [3.63, 3.8) is 0 Å². The molecule has 0 aromatic heterocycles. The fourth-order valence-electron chi connectivity index (χ4n) is 0.0750. The molecule has 0 amide bonds. The summed E-state index contributed by atoms with van der Waals surface area (Å²) in [4.78, 5) is 0. The highest BCUT2D eigenvalue weighted by Crippen LogP contribution is 1.73. The van der Waals surface area contributed by atoms with E-state index in [0.717, 1.165) is 0 Å². The van der Waals surface area contributed by atoms with Crippen LogP contribution in [0.2, 0.25) is 0 Å². The SMILES string of the molecule is [C-]#[N+][Si](C#N)C#N. The molecule has 0 spiro atoms. The lowest BCUT2D eigenvalue weighted by Gasteiger charge is -1.60. The van der Waals surface area contributed by atoms with Crippen LogP contribution in [-0.2, 0) is 0 Å². The van der Waals surface area contributed by atoms with E-state index in [1.807, 2.05) is 0 Å². The molecule has 0 bridgehead atoms. The van der Waals surface area contributed by atoms with E-state index in [1.54, 1.807) is 11.4 Å². The van der Waals surface area contributed by atoms with Crippen LogP contribution in [0.15, 0.2) is 0 Å². The lowest BCUT2D eigenvalue weighted by molar-refractivity contribution is 1.54. The largest absolute Gasteiger partial charge is 0.758 e. The summed E-state index contributed by atoms with van der Waals surface area (Å²) in [6, 6.07) is 0. The maximum absolute atomic E-state index is 7.89. The molecule has 4 heteroatoms. The van der Waals surface area contributed by atoms with Gasteiger partial charge in [0.1, 0.15) is 11.4 Å². The van der Waals surface area contributed by atoms with Crippen molar-refractivity contribution in [1.29, 1.82) is 10.5 Å². The minimum Gasteiger partial charge on any atom is -0.383 e. The molecule has 0 unspecified atom stereocenters. The van der Waals surface area contributed by atoms with Crippen molar-refractivity contribution < 1.29 is 0 Å². The summed E-state index contributed by atoms with van der Waals surface area (Å²) < 4.78 is 2.75. The third-order valence-electron chi connectivity index (χ3n) is 0.324. The van der Waals surface area contributed by atoms with Crippen LogP contribution in [0.25, 0.3) is 4.51 Å². The summed E-state index contributed by atoms with van der Waals surface area (Å²) in [7, 11) is -1.96. The Morgan fingerprint density at radius 3 is 1.86 bits per heavy atom. The molecule has 0 aliphatic rings. The quantitative estimate of drug-likeness (QED) is 0.323. The molecule has 7 heavy (non-hydrogen) atoms. The average Bonchev–Trinajstić information content (AvgIpc) is 1.72. The average molecular weight is 106 g/mol. The Morgan fingerprint density at radius 2 is 1.86 bits per heavy atom. The smallest absolute Gasteiger partial charge is 0.383 e. The monoisotopic (exact) mass is 106 g/mol. The first-order valence-electron chi connectivity index (χ1n) is 1.39. The molecule has 0 aromatic rings. The summed E-state index contributed by atoms with van der Waals surface area (Å²) in [5, 5.41) is 15.8. The summed E-state index contributed by atoms with van der Waals surface area (Å²) in [5.41, 5.74) is 3.18. The van der Waals surface area contributed by atoms with Crippen LogP contribution >= 0.6 is 0 Å². The van der Waals surface area contributed by atoms with Gasteiger partial charge in [0, 0.05) is 0 Å². The van der Waals surface area contributed by atoms with Crippen LogP contribution in [-0.4, -0.2) is 8.96 Å². The Bertz CT molecular complexity index is 133. The molecule has 0 aromatic carbocycles. The molecule has 0 aliphatic heterocycles. The zero-order valence-corrected chi connectivity index (χ0v) is 4.34. The molecular formula is C3N3Si. The van der Waals surface area contributed by atoms with Crippen molar-refractivity contribution in [2.24, 2.45) is 0 Å². The van der Waals surface area contributed by atoms with Crippen LogP contribution in [0.1, 0.15) is 0 Å². The van der Waals surface area contributed by atoms with Gasteiger partial charge in [-0.25, -0.2) is 0 Å². The van der Waals surface area contributed by atoms with Crippen molar-refractivity contribution in [1.82, 2.24) is 0 Å². The minimum absolute atomic E-state index is 1.59. The normalized spacial score (nSPS) is 6.00. The topological polar surface area (TPSA) is 51.9 Å². The van der Waals surface area contributed by atoms with Crippen LogP contribution < -0.4 is 0 Å². The molecule has 0 aliphatic carbocycles. The zero-order valence-electron chi connectivity index (χ0n) is 3.34. The van der Waals surface area contributed by atoms with Crippen LogP contribution in [0.3, 0.4) is 0 Å². The van der Waals surface area contributed by atoms with Gasteiger partial charge in [-0.2, -0.15) is 10.5 Å². The van der Waals surface area contributed by atoms with Crippen molar-refractivity contribution in [2.75, 3.05) is 0 Å². The Labute approximate surface area is 42.9 Å². The Kier molecular flexibility index (Phi) is 2.36. The van der Waals surface area contributed by atoms with Gasteiger partial charge in [0.2, 0.25) is 0 Å². The van der Waals surface area contributed by atoms with E-state index in [1.165, 1.54) is 0 Å². The van der Waals surface area contributed by atoms with E-state index in [-0.39, 0.29) is 0 Å². The maximum Gasteiger partial charge on any atom is 0.758 e. The van der Waals surface area contributed by atoms with Gasteiger partial charge < -0.3 is 4.51 Å². The fraction of sp³-hybridized carbons (Fsp3) is 0. The molecule has 1 radical (unpaired) electrons. The second-order valence-electron chi connectivity index (χ2n) is 0.684. The highest BCUT2D eigenvalue weighted by molar-refractivity contribution is 6.77. The highest BCUT2D eigenvalue weighted by atomic mass is 28.3. The van der Waals surface area contributed by atoms with Gasteiger partial charge >= 0.3 is 8.96 Å². The molecular weight excluding hydrogens is 106 g/mol. The number of nitriles is 2. The van der Waals surface area contributed by atoms with Gasteiger partial charge in [-0.15, -0.1) is 0 Å². The van der Waals surface area contributed by atoms with E-state index in [4.69, 9.17) is 17.1 Å². The van der Waals surface area contributed by atoms with Crippen LogP contribution in [0.5, 0.6) is 0 Å². The number of hydrogen-bond donors (Lipinski definition) is 0. The van der Waals surface area contributed by atoms with E-state index in [2.05, 4.69) is 4.51 Å². The summed E-state index contributed by atoms with van der Waals surface area (Å²) in [5.74, 6) is 0. The molecule has 0 saturated carbocycles. The first-order chi connectivity index (χ1) is 3.35. The fourth-order valence-corrected chi connectivity index (χ4v) is 0.225. The van der Waals surface area contributed by atoms with Crippen LogP contribution in [0, 0.1) is 28.5 Å². The number of rotatable bonds is 0. The Balaban J connectivity index is 3.82. The Hall–Kier alpha value is -1.31. The second kappa shape index (κ2) is 2.90.